The van der Waals surface area contributed by atoms with Gasteiger partial charge in [-0.2, -0.15) is 5.10 Å². The average Bonchev–Trinajstić information content (AvgIpc) is 3.53. The Hall–Kier alpha value is -2.53. The van der Waals surface area contributed by atoms with Crippen molar-refractivity contribution in [3.63, 3.8) is 0 Å². The Morgan fingerprint density at radius 2 is 1.71 bits per heavy atom. The largest absolute Gasteiger partial charge is 0.346 e. The van der Waals surface area contributed by atoms with Crippen LogP contribution in [0.4, 0.5) is 11.5 Å². The number of hydrogen-bond acceptors (Lipinski definition) is 5. The van der Waals surface area contributed by atoms with Gasteiger partial charge < -0.3 is 9.42 Å². The summed E-state index contributed by atoms with van der Waals surface area (Å²) in [4.78, 5) is 7.32. The molecule has 1 aromatic heterocycles. The second kappa shape index (κ2) is 8.26. The number of allylic oxidation sites excluding steroid dienone is 2. The highest BCUT2D eigenvalue weighted by Crippen LogP contribution is 2.64. The monoisotopic (exact) mass is 502 g/mol. The maximum atomic E-state index is 7.06. The van der Waals surface area contributed by atoms with Gasteiger partial charge in [0.05, 0.1) is 28.1 Å². The van der Waals surface area contributed by atoms with E-state index in [-0.39, 0.29) is 11.5 Å². The number of aliphatic imine (C=N–C) groups is 1. The van der Waals surface area contributed by atoms with E-state index in [0.29, 0.717) is 0 Å². The highest BCUT2D eigenvalue weighted by atomic mass is 32.4. The van der Waals surface area contributed by atoms with Gasteiger partial charge in [-0.3, -0.25) is 0 Å². The molecule has 1 unspecified atom stereocenters. The highest BCUT2D eigenvalue weighted by molar-refractivity contribution is 8.18. The summed E-state index contributed by atoms with van der Waals surface area (Å²) in [6, 6.07) is 18.8. The first-order chi connectivity index (χ1) is 16.8. The van der Waals surface area contributed by atoms with Crippen molar-refractivity contribution in [3.05, 3.63) is 76.9 Å². The van der Waals surface area contributed by atoms with Crippen molar-refractivity contribution in [2.24, 2.45) is 4.99 Å². The molecule has 1 atom stereocenters. The minimum atomic E-state index is -2.66. The maximum Gasteiger partial charge on any atom is 0.166 e. The van der Waals surface area contributed by atoms with Crippen molar-refractivity contribution in [3.8, 4) is 5.69 Å². The van der Waals surface area contributed by atoms with Crippen LogP contribution in [0.3, 0.4) is 0 Å². The number of likely N-dealkylation sites (N-methyl/N-ethyl adjacent to an activating group) is 1. The van der Waals surface area contributed by atoms with Gasteiger partial charge in [0.25, 0.3) is 0 Å². The van der Waals surface area contributed by atoms with Gasteiger partial charge in [0, 0.05) is 30.1 Å². The molecular formula is C28H31N4OPS. The van der Waals surface area contributed by atoms with Gasteiger partial charge in [-0.05, 0) is 43.5 Å². The van der Waals surface area contributed by atoms with E-state index in [1.165, 1.54) is 29.8 Å². The summed E-state index contributed by atoms with van der Waals surface area (Å²) in [5.74, 6) is 0.815. The predicted octanol–water partition coefficient (Wildman–Crippen LogP) is 6.51. The Morgan fingerprint density at radius 1 is 1.03 bits per heavy atom. The number of para-hydroxylation sites is 2. The fraction of sp³-hybridized carbons (Fsp3) is 0.357. The third-order valence-corrected chi connectivity index (χ3v) is 11.7. The number of aromatic nitrogens is 2. The van der Waals surface area contributed by atoms with Gasteiger partial charge in [0.15, 0.2) is 5.82 Å². The molecule has 0 spiro atoms. The van der Waals surface area contributed by atoms with Crippen LogP contribution in [0.1, 0.15) is 50.8 Å². The van der Waals surface area contributed by atoms with Gasteiger partial charge in [-0.1, -0.05) is 74.9 Å². The van der Waals surface area contributed by atoms with Crippen molar-refractivity contribution in [2.75, 3.05) is 11.9 Å². The standard InChI is InChI=1S/C28H31N4OPS/c1-19-25-27(32(30-19)20-12-6-5-7-13-20)29-18-24(34(25,35)33-21-14-8-9-15-21)26-28(2,3)22-16-10-11-17-23(22)31(26)4/h5-7,10-13,16-18,21H,8-9,14-15H2,1-4H3/b26-24+. The molecule has 180 valence electrons. The summed E-state index contributed by atoms with van der Waals surface area (Å²) in [5, 5.41) is 7.01. The lowest BCUT2D eigenvalue weighted by Gasteiger charge is -2.35. The molecular weight excluding hydrogens is 471 g/mol. The topological polar surface area (TPSA) is 42.6 Å². The van der Waals surface area contributed by atoms with Gasteiger partial charge in [0.1, 0.15) is 6.26 Å². The molecule has 2 aromatic carbocycles. The maximum absolute atomic E-state index is 7.06. The van der Waals surface area contributed by atoms with Crippen LogP contribution < -0.4 is 10.2 Å². The number of aryl methyl sites for hydroxylation is 1. The van der Waals surface area contributed by atoms with Crippen LogP contribution in [0.25, 0.3) is 5.69 Å². The summed E-state index contributed by atoms with van der Waals surface area (Å²) < 4.78 is 8.99. The molecule has 1 aliphatic carbocycles. The first-order valence-corrected chi connectivity index (χ1v) is 15.1. The average molecular weight is 503 g/mol. The van der Waals surface area contributed by atoms with E-state index in [9.17, 15) is 0 Å². The third-order valence-electron chi connectivity index (χ3n) is 7.64. The molecule has 0 radical (unpaired) electrons. The lowest BCUT2D eigenvalue weighted by atomic mass is 9.84. The van der Waals surface area contributed by atoms with Crippen molar-refractivity contribution < 1.29 is 4.52 Å². The minimum absolute atomic E-state index is 0.187. The smallest absolute Gasteiger partial charge is 0.166 e. The first kappa shape index (κ1) is 22.9. The Morgan fingerprint density at radius 3 is 2.43 bits per heavy atom. The summed E-state index contributed by atoms with van der Waals surface area (Å²) in [6.45, 7) is 6.63. The van der Waals surface area contributed by atoms with E-state index in [1.54, 1.807) is 0 Å². The fourth-order valence-electron chi connectivity index (χ4n) is 6.00. The molecule has 7 heteroatoms. The number of benzene rings is 2. The summed E-state index contributed by atoms with van der Waals surface area (Å²) in [6.07, 6.45) is 4.07. The number of anilines is 1. The molecule has 3 aliphatic rings. The normalized spacial score (nSPS) is 25.2. The second-order valence-electron chi connectivity index (χ2n) is 10.3. The lowest BCUT2D eigenvalue weighted by Crippen LogP contribution is -2.29. The van der Waals surface area contributed by atoms with Crippen molar-refractivity contribution in [2.45, 2.75) is 58.0 Å². The zero-order chi connectivity index (χ0) is 24.4. The van der Waals surface area contributed by atoms with Crippen molar-refractivity contribution >= 4 is 41.1 Å². The van der Waals surface area contributed by atoms with Crippen LogP contribution in [0.2, 0.25) is 0 Å². The molecule has 2 aliphatic heterocycles. The third kappa shape index (κ3) is 3.41. The highest BCUT2D eigenvalue weighted by Gasteiger charge is 2.47. The predicted molar refractivity (Wildman–Crippen MR) is 149 cm³/mol. The van der Waals surface area contributed by atoms with Crippen LogP contribution in [-0.2, 0) is 21.7 Å². The van der Waals surface area contributed by atoms with Crippen molar-refractivity contribution in [1.29, 1.82) is 0 Å². The number of rotatable bonds is 3. The molecule has 3 heterocycles. The molecule has 5 nitrogen and oxygen atoms in total. The van der Waals surface area contributed by atoms with Gasteiger partial charge in [-0.25, -0.2) is 9.67 Å². The van der Waals surface area contributed by atoms with E-state index < -0.39 is 6.26 Å². The zero-order valence-corrected chi connectivity index (χ0v) is 22.4. The molecule has 0 saturated heterocycles. The summed E-state index contributed by atoms with van der Waals surface area (Å²) in [7, 11) is 2.15. The van der Waals surface area contributed by atoms with Crippen LogP contribution in [0.15, 0.2) is 70.6 Å². The molecule has 0 amide bonds. The molecule has 1 fully saturated rings. The quantitative estimate of drug-likeness (QED) is 0.383. The van der Waals surface area contributed by atoms with Crippen LogP contribution in [0, 0.1) is 6.92 Å². The van der Waals surface area contributed by atoms with E-state index in [4.69, 9.17) is 26.4 Å². The van der Waals surface area contributed by atoms with E-state index in [0.717, 1.165) is 40.7 Å². The van der Waals surface area contributed by atoms with E-state index in [1.807, 2.05) is 29.1 Å². The molecule has 6 rings (SSSR count). The lowest BCUT2D eigenvalue weighted by molar-refractivity contribution is 0.239. The molecule has 3 aromatic rings. The van der Waals surface area contributed by atoms with Crippen molar-refractivity contribution in [1.82, 2.24) is 9.78 Å². The minimum Gasteiger partial charge on any atom is -0.346 e. The van der Waals surface area contributed by atoms with E-state index >= 15 is 0 Å². The van der Waals surface area contributed by atoms with Gasteiger partial charge in [-0.15, -0.1) is 0 Å². The number of hydrogen-bond donors (Lipinski definition) is 0. The second-order valence-corrected chi connectivity index (χ2v) is 14.0. The molecule has 0 N–H and O–H groups in total. The van der Waals surface area contributed by atoms with Crippen LogP contribution in [0.5, 0.6) is 0 Å². The van der Waals surface area contributed by atoms with Crippen LogP contribution in [-0.4, -0.2) is 29.1 Å². The molecule has 1 saturated carbocycles. The molecule has 35 heavy (non-hydrogen) atoms. The zero-order valence-electron chi connectivity index (χ0n) is 20.7. The van der Waals surface area contributed by atoms with E-state index in [2.05, 4.69) is 69.1 Å². The Kier molecular flexibility index (Phi) is 5.41. The summed E-state index contributed by atoms with van der Waals surface area (Å²) >= 11 is 6.68. The van der Waals surface area contributed by atoms with Gasteiger partial charge in [0.2, 0.25) is 0 Å². The Balaban J connectivity index is 1.60. The number of fused-ring (bicyclic) bond motifs is 2. The van der Waals surface area contributed by atoms with Crippen LogP contribution >= 0.6 is 6.26 Å². The summed E-state index contributed by atoms with van der Waals surface area (Å²) in [5.41, 5.74) is 5.41. The number of nitrogens with zero attached hydrogens (tertiary/aromatic N) is 4. The first-order valence-electron chi connectivity index (χ1n) is 12.4. The fourth-order valence-corrected chi connectivity index (χ4v) is 10.3. The molecule has 0 bridgehead atoms. The Bertz CT molecular complexity index is 1420. The van der Waals surface area contributed by atoms with Gasteiger partial charge >= 0.3 is 0 Å². The SMILES string of the molecule is Cc1nn(-c2ccccc2)c2c1P(=S)(OC1CCCC1)/C(=C1/N(C)c3ccccc3C1(C)C)C=N2. The Labute approximate surface area is 212 Å².